The Bertz CT molecular complexity index is 211. The summed E-state index contributed by atoms with van der Waals surface area (Å²) in [6, 6.07) is 0. The fourth-order valence-corrected chi connectivity index (χ4v) is 1.64. The van der Waals surface area contributed by atoms with E-state index in [0.717, 1.165) is 6.42 Å². The van der Waals surface area contributed by atoms with E-state index in [9.17, 15) is 4.79 Å². The molecule has 0 radical (unpaired) electrons. The van der Waals surface area contributed by atoms with Gasteiger partial charge in [-0.25, -0.2) is 4.79 Å². The maximum Gasteiger partial charge on any atom is 0.334 e. The fraction of sp³-hybridized carbons (Fsp3) is 0.909. The lowest BCUT2D eigenvalue weighted by Gasteiger charge is -2.32. The number of hydrogen-bond acceptors (Lipinski definition) is 4. The topological polar surface area (TPSA) is 44.8 Å². The Labute approximate surface area is 90.9 Å². The van der Waals surface area contributed by atoms with Gasteiger partial charge in [-0.3, -0.25) is 0 Å². The molecule has 0 bridgehead atoms. The molecule has 0 N–H and O–H groups in total. The Hall–Kier alpha value is -0.610. The van der Waals surface area contributed by atoms with Crippen LogP contribution in [0.4, 0.5) is 0 Å². The smallest absolute Gasteiger partial charge is 0.334 e. The van der Waals surface area contributed by atoms with Gasteiger partial charge >= 0.3 is 5.97 Å². The lowest BCUT2D eigenvalue weighted by atomic mass is 10.1. The second kappa shape index (κ2) is 4.94. The SMILES string of the molecule is COC(=O)C1CCC(OC(C)(C)C)CO1. The van der Waals surface area contributed by atoms with E-state index in [-0.39, 0.29) is 17.7 Å². The Morgan fingerprint density at radius 1 is 1.33 bits per heavy atom. The van der Waals surface area contributed by atoms with Crippen LogP contribution in [-0.2, 0) is 19.0 Å². The van der Waals surface area contributed by atoms with Crippen molar-refractivity contribution >= 4 is 5.97 Å². The zero-order valence-corrected chi connectivity index (χ0v) is 9.91. The van der Waals surface area contributed by atoms with Crippen molar-refractivity contribution in [3.8, 4) is 0 Å². The molecule has 1 rings (SSSR count). The van der Waals surface area contributed by atoms with Crippen LogP contribution in [-0.4, -0.2) is 37.5 Å². The minimum absolute atomic E-state index is 0.0888. The second-order valence-electron chi connectivity index (χ2n) is 4.77. The van der Waals surface area contributed by atoms with Gasteiger partial charge in [-0.1, -0.05) is 0 Å². The van der Waals surface area contributed by atoms with Crippen molar-refractivity contribution in [2.24, 2.45) is 0 Å². The quantitative estimate of drug-likeness (QED) is 0.656. The number of methoxy groups -OCH3 is 1. The highest BCUT2D eigenvalue weighted by atomic mass is 16.6. The second-order valence-corrected chi connectivity index (χ2v) is 4.77. The highest BCUT2D eigenvalue weighted by molar-refractivity contribution is 5.74. The summed E-state index contributed by atoms with van der Waals surface area (Å²) in [6.45, 7) is 6.51. The standard InChI is InChI=1S/C11H20O4/c1-11(2,3)15-8-5-6-9(14-7-8)10(12)13-4/h8-9H,5-7H2,1-4H3. The first-order valence-electron chi connectivity index (χ1n) is 5.29. The molecule has 4 heteroatoms. The molecule has 0 aliphatic carbocycles. The summed E-state index contributed by atoms with van der Waals surface area (Å²) in [5.41, 5.74) is -0.161. The van der Waals surface area contributed by atoms with Crippen molar-refractivity contribution in [3.63, 3.8) is 0 Å². The first kappa shape index (κ1) is 12.5. The van der Waals surface area contributed by atoms with Crippen molar-refractivity contribution < 1.29 is 19.0 Å². The average Bonchev–Trinajstić information content (AvgIpc) is 2.15. The maximum absolute atomic E-state index is 11.2. The van der Waals surface area contributed by atoms with E-state index >= 15 is 0 Å². The summed E-state index contributed by atoms with van der Waals surface area (Å²) in [6.07, 6.45) is 1.20. The molecular formula is C11H20O4. The Kier molecular flexibility index (Phi) is 4.11. The molecule has 1 aliphatic rings. The molecule has 1 fully saturated rings. The van der Waals surface area contributed by atoms with E-state index in [2.05, 4.69) is 4.74 Å². The van der Waals surface area contributed by atoms with Crippen LogP contribution in [0.5, 0.6) is 0 Å². The lowest BCUT2D eigenvalue weighted by Crippen LogP contribution is -2.39. The van der Waals surface area contributed by atoms with Crippen LogP contribution in [0.3, 0.4) is 0 Å². The van der Waals surface area contributed by atoms with Crippen molar-refractivity contribution in [1.29, 1.82) is 0 Å². The molecule has 2 atom stereocenters. The monoisotopic (exact) mass is 216 g/mol. The van der Waals surface area contributed by atoms with Crippen LogP contribution < -0.4 is 0 Å². The van der Waals surface area contributed by atoms with Crippen molar-refractivity contribution in [2.75, 3.05) is 13.7 Å². The van der Waals surface area contributed by atoms with Gasteiger partial charge in [0.15, 0.2) is 6.10 Å². The summed E-state index contributed by atoms with van der Waals surface area (Å²) < 4.78 is 15.8. The van der Waals surface area contributed by atoms with E-state index in [0.29, 0.717) is 13.0 Å². The molecule has 0 saturated carbocycles. The summed E-state index contributed by atoms with van der Waals surface area (Å²) in [4.78, 5) is 11.2. The molecule has 0 spiro atoms. The molecule has 15 heavy (non-hydrogen) atoms. The molecular weight excluding hydrogens is 196 g/mol. The Morgan fingerprint density at radius 3 is 2.40 bits per heavy atom. The van der Waals surface area contributed by atoms with Gasteiger partial charge in [0.05, 0.1) is 25.4 Å². The van der Waals surface area contributed by atoms with E-state index in [1.807, 2.05) is 20.8 Å². The third kappa shape index (κ3) is 4.18. The molecule has 0 aromatic heterocycles. The summed E-state index contributed by atoms with van der Waals surface area (Å²) in [5, 5.41) is 0. The largest absolute Gasteiger partial charge is 0.467 e. The maximum atomic E-state index is 11.2. The Balaban J connectivity index is 2.33. The highest BCUT2D eigenvalue weighted by Crippen LogP contribution is 2.21. The van der Waals surface area contributed by atoms with Gasteiger partial charge in [-0.05, 0) is 33.6 Å². The van der Waals surface area contributed by atoms with Crippen LogP contribution in [0.2, 0.25) is 0 Å². The van der Waals surface area contributed by atoms with E-state index in [1.54, 1.807) is 0 Å². The molecule has 88 valence electrons. The number of ether oxygens (including phenoxy) is 3. The third-order valence-electron chi connectivity index (χ3n) is 2.22. The molecule has 4 nitrogen and oxygen atoms in total. The van der Waals surface area contributed by atoms with Gasteiger partial charge in [0, 0.05) is 0 Å². The molecule has 0 aromatic carbocycles. The molecule has 0 amide bonds. The Morgan fingerprint density at radius 2 is 2.00 bits per heavy atom. The molecule has 1 heterocycles. The zero-order chi connectivity index (χ0) is 11.5. The van der Waals surface area contributed by atoms with Gasteiger partial charge in [0.1, 0.15) is 0 Å². The molecule has 2 unspecified atom stereocenters. The number of hydrogen-bond donors (Lipinski definition) is 0. The minimum Gasteiger partial charge on any atom is -0.467 e. The van der Waals surface area contributed by atoms with E-state index < -0.39 is 6.10 Å². The van der Waals surface area contributed by atoms with E-state index in [1.165, 1.54) is 7.11 Å². The van der Waals surface area contributed by atoms with Crippen molar-refractivity contribution in [1.82, 2.24) is 0 Å². The first-order valence-corrected chi connectivity index (χ1v) is 5.29. The highest BCUT2D eigenvalue weighted by Gasteiger charge is 2.30. The predicted octanol–water partition coefficient (Wildman–Crippen LogP) is 1.52. The summed E-state index contributed by atoms with van der Waals surface area (Å²) in [5.74, 6) is -0.288. The number of rotatable bonds is 2. The van der Waals surface area contributed by atoms with Crippen LogP contribution in [0.15, 0.2) is 0 Å². The van der Waals surface area contributed by atoms with Crippen LogP contribution in [0.25, 0.3) is 0 Å². The van der Waals surface area contributed by atoms with Crippen LogP contribution in [0, 0.1) is 0 Å². The van der Waals surface area contributed by atoms with Crippen molar-refractivity contribution in [2.45, 2.75) is 51.4 Å². The summed E-state index contributed by atoms with van der Waals surface area (Å²) >= 11 is 0. The van der Waals surface area contributed by atoms with Gasteiger partial charge in [-0.2, -0.15) is 0 Å². The zero-order valence-electron chi connectivity index (χ0n) is 9.91. The summed E-state index contributed by atoms with van der Waals surface area (Å²) in [7, 11) is 1.38. The number of carbonyl (C=O) groups excluding carboxylic acids is 1. The van der Waals surface area contributed by atoms with Gasteiger partial charge in [-0.15, -0.1) is 0 Å². The van der Waals surface area contributed by atoms with Gasteiger partial charge in [0.25, 0.3) is 0 Å². The molecule has 1 aliphatic heterocycles. The average molecular weight is 216 g/mol. The predicted molar refractivity (Wildman–Crippen MR) is 55.6 cm³/mol. The molecule has 1 saturated heterocycles. The molecule has 0 aromatic rings. The van der Waals surface area contributed by atoms with Crippen LogP contribution >= 0.6 is 0 Å². The number of esters is 1. The minimum atomic E-state index is -0.408. The first-order chi connectivity index (χ1) is 6.92. The lowest BCUT2D eigenvalue weighted by molar-refractivity contribution is -0.170. The normalized spacial score (nSPS) is 27.5. The van der Waals surface area contributed by atoms with Crippen molar-refractivity contribution in [3.05, 3.63) is 0 Å². The third-order valence-corrected chi connectivity index (χ3v) is 2.22. The fourth-order valence-electron chi connectivity index (χ4n) is 1.64. The van der Waals surface area contributed by atoms with Gasteiger partial charge < -0.3 is 14.2 Å². The van der Waals surface area contributed by atoms with Crippen LogP contribution in [0.1, 0.15) is 33.6 Å². The van der Waals surface area contributed by atoms with E-state index in [4.69, 9.17) is 9.47 Å². The van der Waals surface area contributed by atoms with Gasteiger partial charge in [0.2, 0.25) is 0 Å². The number of carbonyl (C=O) groups is 1.